The quantitative estimate of drug-likeness (QED) is 0.544. The Hall–Kier alpha value is -0.470. The summed E-state index contributed by atoms with van der Waals surface area (Å²) < 4.78 is 0. The van der Waals surface area contributed by atoms with E-state index in [9.17, 15) is 0 Å². The van der Waals surface area contributed by atoms with Crippen LogP contribution in [0.4, 0.5) is 0 Å². The molecule has 0 aliphatic carbocycles. The molecule has 0 saturated heterocycles. The Morgan fingerprint density at radius 3 is 2.56 bits per heavy atom. The van der Waals surface area contributed by atoms with Gasteiger partial charge in [0.1, 0.15) is 0 Å². The summed E-state index contributed by atoms with van der Waals surface area (Å²) in [5.41, 5.74) is 6.08. The van der Waals surface area contributed by atoms with E-state index < -0.39 is 0 Å². The second-order valence-electron chi connectivity index (χ2n) is 4.23. The molecule has 2 N–H and O–H groups in total. The standard InChI is InChI=1S/C14H23NS/c1-2-3-4-6-9-13(15)12-16-14-10-7-5-8-11-14/h5,7-8,10-11,13H,2-4,6,9,12,15H2,1H3. The molecule has 0 radical (unpaired) electrons. The van der Waals surface area contributed by atoms with Crippen LogP contribution in [0, 0.1) is 0 Å². The Morgan fingerprint density at radius 1 is 1.12 bits per heavy atom. The molecule has 0 heterocycles. The minimum Gasteiger partial charge on any atom is -0.327 e. The third-order valence-corrected chi connectivity index (χ3v) is 3.84. The Kier molecular flexibility index (Phi) is 7.35. The van der Waals surface area contributed by atoms with Crippen molar-refractivity contribution in [1.29, 1.82) is 0 Å². The molecule has 2 heteroatoms. The summed E-state index contributed by atoms with van der Waals surface area (Å²) in [5, 5.41) is 0. The summed E-state index contributed by atoms with van der Waals surface area (Å²) >= 11 is 1.87. The van der Waals surface area contributed by atoms with E-state index in [0.29, 0.717) is 6.04 Å². The van der Waals surface area contributed by atoms with Gasteiger partial charge in [-0.1, -0.05) is 50.8 Å². The molecule has 1 atom stereocenters. The van der Waals surface area contributed by atoms with Crippen LogP contribution in [0.5, 0.6) is 0 Å². The van der Waals surface area contributed by atoms with Crippen molar-refractivity contribution < 1.29 is 0 Å². The first-order chi connectivity index (χ1) is 7.83. The van der Waals surface area contributed by atoms with Crippen molar-refractivity contribution in [3.63, 3.8) is 0 Å². The summed E-state index contributed by atoms with van der Waals surface area (Å²) in [5.74, 6) is 1.04. The van der Waals surface area contributed by atoms with E-state index in [2.05, 4.69) is 37.3 Å². The van der Waals surface area contributed by atoms with Gasteiger partial charge in [-0.3, -0.25) is 0 Å². The molecule has 1 unspecified atom stereocenters. The molecule has 0 spiro atoms. The zero-order chi connectivity index (χ0) is 11.6. The lowest BCUT2D eigenvalue weighted by Gasteiger charge is -2.10. The van der Waals surface area contributed by atoms with Gasteiger partial charge in [-0.25, -0.2) is 0 Å². The fraction of sp³-hybridized carbons (Fsp3) is 0.571. The van der Waals surface area contributed by atoms with Gasteiger partial charge in [-0.15, -0.1) is 11.8 Å². The Balaban J connectivity index is 2.08. The topological polar surface area (TPSA) is 26.0 Å². The summed E-state index contributed by atoms with van der Waals surface area (Å²) in [7, 11) is 0. The largest absolute Gasteiger partial charge is 0.327 e. The van der Waals surface area contributed by atoms with E-state index >= 15 is 0 Å². The normalized spacial score (nSPS) is 12.6. The van der Waals surface area contributed by atoms with Gasteiger partial charge in [-0.2, -0.15) is 0 Å². The first-order valence-electron chi connectivity index (χ1n) is 6.26. The predicted octanol–water partition coefficient (Wildman–Crippen LogP) is 4.08. The minimum atomic E-state index is 0.349. The molecule has 1 rings (SSSR count). The molecule has 0 aromatic heterocycles. The lowest BCUT2D eigenvalue weighted by molar-refractivity contribution is 0.579. The van der Waals surface area contributed by atoms with Crippen molar-refractivity contribution in [1.82, 2.24) is 0 Å². The number of thioether (sulfide) groups is 1. The van der Waals surface area contributed by atoms with Gasteiger partial charge >= 0.3 is 0 Å². The molecule has 1 nitrogen and oxygen atoms in total. The van der Waals surface area contributed by atoms with Gasteiger partial charge in [0.05, 0.1) is 0 Å². The van der Waals surface area contributed by atoms with Gasteiger partial charge in [-0.05, 0) is 18.6 Å². The molecule has 0 aliphatic heterocycles. The molecule has 0 saturated carbocycles. The first kappa shape index (κ1) is 13.6. The van der Waals surface area contributed by atoms with Crippen LogP contribution in [0.25, 0.3) is 0 Å². The van der Waals surface area contributed by atoms with Crippen molar-refractivity contribution >= 4 is 11.8 Å². The van der Waals surface area contributed by atoms with Crippen molar-refractivity contribution in [3.8, 4) is 0 Å². The third kappa shape index (κ3) is 6.19. The molecule has 0 fully saturated rings. The van der Waals surface area contributed by atoms with E-state index in [0.717, 1.165) is 5.75 Å². The van der Waals surface area contributed by atoms with E-state index in [1.807, 2.05) is 11.8 Å². The first-order valence-corrected chi connectivity index (χ1v) is 7.25. The second-order valence-corrected chi connectivity index (χ2v) is 5.33. The highest BCUT2D eigenvalue weighted by Crippen LogP contribution is 2.18. The zero-order valence-electron chi connectivity index (χ0n) is 10.2. The van der Waals surface area contributed by atoms with Crippen LogP contribution in [-0.2, 0) is 0 Å². The molecule has 16 heavy (non-hydrogen) atoms. The van der Waals surface area contributed by atoms with Crippen molar-refractivity contribution in [2.45, 2.75) is 50.0 Å². The van der Waals surface area contributed by atoms with Gasteiger partial charge in [0.25, 0.3) is 0 Å². The molecule has 1 aromatic carbocycles. The van der Waals surface area contributed by atoms with Gasteiger partial charge in [0, 0.05) is 16.7 Å². The van der Waals surface area contributed by atoms with Gasteiger partial charge in [0.2, 0.25) is 0 Å². The molecular weight excluding hydrogens is 214 g/mol. The highest BCUT2D eigenvalue weighted by atomic mass is 32.2. The summed E-state index contributed by atoms with van der Waals surface area (Å²) in [6.07, 6.45) is 6.43. The molecule has 90 valence electrons. The maximum atomic E-state index is 6.08. The van der Waals surface area contributed by atoms with Crippen molar-refractivity contribution in [2.75, 3.05) is 5.75 Å². The Morgan fingerprint density at radius 2 is 1.88 bits per heavy atom. The van der Waals surface area contributed by atoms with E-state index in [-0.39, 0.29) is 0 Å². The number of nitrogens with two attached hydrogens (primary N) is 1. The number of hydrogen-bond acceptors (Lipinski definition) is 2. The van der Waals surface area contributed by atoms with Crippen LogP contribution in [0.15, 0.2) is 35.2 Å². The second kappa shape index (κ2) is 8.66. The average Bonchev–Trinajstić information content (AvgIpc) is 2.33. The number of hydrogen-bond donors (Lipinski definition) is 1. The SMILES string of the molecule is CCCCCCC(N)CSc1ccccc1. The van der Waals surface area contributed by atoms with Crippen molar-refractivity contribution in [3.05, 3.63) is 30.3 Å². The third-order valence-electron chi connectivity index (χ3n) is 2.64. The Bertz CT molecular complexity index is 261. The molecule has 0 bridgehead atoms. The van der Waals surface area contributed by atoms with E-state index in [1.165, 1.54) is 37.0 Å². The smallest absolute Gasteiger partial charge is 0.0133 e. The highest BCUT2D eigenvalue weighted by Gasteiger charge is 2.03. The lowest BCUT2D eigenvalue weighted by atomic mass is 10.1. The van der Waals surface area contributed by atoms with Crippen LogP contribution >= 0.6 is 11.8 Å². The Labute approximate surface area is 104 Å². The fourth-order valence-electron chi connectivity index (χ4n) is 1.64. The summed E-state index contributed by atoms with van der Waals surface area (Å²) in [6, 6.07) is 10.9. The highest BCUT2D eigenvalue weighted by molar-refractivity contribution is 7.99. The minimum absolute atomic E-state index is 0.349. The fourth-order valence-corrected chi connectivity index (χ4v) is 2.56. The maximum Gasteiger partial charge on any atom is 0.0133 e. The maximum absolute atomic E-state index is 6.08. The lowest BCUT2D eigenvalue weighted by Crippen LogP contribution is -2.22. The summed E-state index contributed by atoms with van der Waals surface area (Å²) in [4.78, 5) is 1.33. The molecule has 1 aromatic rings. The predicted molar refractivity (Wildman–Crippen MR) is 73.9 cm³/mol. The van der Waals surface area contributed by atoms with Crippen molar-refractivity contribution in [2.24, 2.45) is 5.73 Å². The van der Waals surface area contributed by atoms with Crippen LogP contribution in [0.2, 0.25) is 0 Å². The van der Waals surface area contributed by atoms with Crippen LogP contribution in [-0.4, -0.2) is 11.8 Å². The number of unbranched alkanes of at least 4 members (excludes halogenated alkanes) is 3. The van der Waals surface area contributed by atoms with Crippen LogP contribution < -0.4 is 5.73 Å². The summed E-state index contributed by atoms with van der Waals surface area (Å²) in [6.45, 7) is 2.24. The molecule has 0 aliphatic rings. The van der Waals surface area contributed by atoms with E-state index in [1.54, 1.807) is 0 Å². The zero-order valence-corrected chi connectivity index (χ0v) is 11.0. The van der Waals surface area contributed by atoms with Crippen LogP contribution in [0.3, 0.4) is 0 Å². The number of benzene rings is 1. The molecular formula is C14H23NS. The van der Waals surface area contributed by atoms with Gasteiger partial charge < -0.3 is 5.73 Å². The van der Waals surface area contributed by atoms with E-state index in [4.69, 9.17) is 5.73 Å². The van der Waals surface area contributed by atoms with Crippen LogP contribution in [0.1, 0.15) is 39.0 Å². The molecule has 0 amide bonds. The average molecular weight is 237 g/mol. The number of rotatable bonds is 8. The van der Waals surface area contributed by atoms with Gasteiger partial charge in [0.15, 0.2) is 0 Å². The monoisotopic (exact) mass is 237 g/mol.